The molecule has 3 nitrogen and oxygen atoms in total. The third-order valence-corrected chi connectivity index (χ3v) is 3.97. The molecule has 0 fully saturated rings. The molecule has 2 aromatic carbocycles. The van der Waals surface area contributed by atoms with Gasteiger partial charge in [-0.15, -0.1) is 0 Å². The second kappa shape index (κ2) is 5.98. The van der Waals surface area contributed by atoms with Crippen molar-refractivity contribution in [3.05, 3.63) is 70.5 Å². The first-order valence-corrected chi connectivity index (χ1v) is 7.25. The van der Waals surface area contributed by atoms with Gasteiger partial charge in [0.25, 0.3) is 5.91 Å². The number of carbonyl (C=O) groups is 1. The van der Waals surface area contributed by atoms with Crippen LogP contribution in [-0.2, 0) is 13.0 Å². The van der Waals surface area contributed by atoms with Crippen LogP contribution in [0.2, 0.25) is 0 Å². The number of nitrogens with zero attached hydrogens (tertiary/aromatic N) is 2. The van der Waals surface area contributed by atoms with Crippen molar-refractivity contribution in [2.24, 2.45) is 0 Å². The fraction of sp³-hybridized carbons (Fsp3) is 0.222. The number of aryl methyl sites for hydroxylation is 1. The van der Waals surface area contributed by atoms with Gasteiger partial charge in [-0.05, 0) is 42.2 Å². The van der Waals surface area contributed by atoms with E-state index in [1.807, 2.05) is 24.3 Å². The van der Waals surface area contributed by atoms with Crippen molar-refractivity contribution >= 4 is 5.91 Å². The van der Waals surface area contributed by atoms with Crippen LogP contribution in [0.1, 0.15) is 33.5 Å². The number of hydrogen-bond acceptors (Lipinski definition) is 2. The molecule has 1 heterocycles. The van der Waals surface area contributed by atoms with Gasteiger partial charge in [-0.25, -0.2) is 4.39 Å². The van der Waals surface area contributed by atoms with E-state index >= 15 is 0 Å². The molecule has 2 aromatic rings. The summed E-state index contributed by atoms with van der Waals surface area (Å²) in [6.07, 6.45) is 1.79. The van der Waals surface area contributed by atoms with Crippen molar-refractivity contribution in [2.75, 3.05) is 6.54 Å². The number of halogens is 1. The van der Waals surface area contributed by atoms with Gasteiger partial charge in [0.1, 0.15) is 5.82 Å². The van der Waals surface area contributed by atoms with E-state index in [-0.39, 0.29) is 17.0 Å². The van der Waals surface area contributed by atoms with E-state index in [1.165, 1.54) is 17.7 Å². The standard InChI is InChI=1S/C18H15FN2O/c19-17-10-13(11-20)7-8-16(17)18(22)21-9-3-6-14-4-1-2-5-15(14)12-21/h1-2,4-5,7-8,10H,3,6,9,12H2. The highest BCUT2D eigenvalue weighted by molar-refractivity contribution is 5.94. The van der Waals surface area contributed by atoms with E-state index in [0.29, 0.717) is 13.1 Å². The molecule has 0 bridgehead atoms. The average molecular weight is 294 g/mol. The van der Waals surface area contributed by atoms with Crippen LogP contribution in [-0.4, -0.2) is 17.4 Å². The van der Waals surface area contributed by atoms with Crippen molar-refractivity contribution in [2.45, 2.75) is 19.4 Å². The van der Waals surface area contributed by atoms with Gasteiger partial charge in [-0.2, -0.15) is 5.26 Å². The van der Waals surface area contributed by atoms with Gasteiger partial charge < -0.3 is 4.90 Å². The smallest absolute Gasteiger partial charge is 0.257 e. The molecule has 22 heavy (non-hydrogen) atoms. The Kier molecular flexibility index (Phi) is 3.88. The summed E-state index contributed by atoms with van der Waals surface area (Å²) in [5, 5.41) is 8.77. The monoisotopic (exact) mass is 294 g/mol. The van der Waals surface area contributed by atoms with Crippen LogP contribution in [0.4, 0.5) is 4.39 Å². The zero-order valence-corrected chi connectivity index (χ0v) is 12.1. The number of carbonyl (C=O) groups excluding carboxylic acids is 1. The van der Waals surface area contributed by atoms with E-state index in [9.17, 15) is 9.18 Å². The van der Waals surface area contributed by atoms with Gasteiger partial charge in [-0.3, -0.25) is 4.79 Å². The highest BCUT2D eigenvalue weighted by atomic mass is 19.1. The molecule has 1 amide bonds. The molecule has 3 rings (SSSR count). The first-order valence-electron chi connectivity index (χ1n) is 7.25. The molecule has 0 unspecified atom stereocenters. The molecule has 0 aromatic heterocycles. The molecule has 0 spiro atoms. The molecule has 0 radical (unpaired) electrons. The van der Waals surface area contributed by atoms with Gasteiger partial charge >= 0.3 is 0 Å². The Hall–Kier alpha value is -2.67. The number of amides is 1. The maximum absolute atomic E-state index is 14.0. The minimum absolute atomic E-state index is 0.0263. The Labute approximate surface area is 128 Å². The van der Waals surface area contributed by atoms with E-state index < -0.39 is 5.82 Å². The summed E-state index contributed by atoms with van der Waals surface area (Å²) in [5.74, 6) is -0.958. The lowest BCUT2D eigenvalue weighted by Crippen LogP contribution is -2.31. The topological polar surface area (TPSA) is 44.1 Å². The largest absolute Gasteiger partial charge is 0.334 e. The number of hydrogen-bond donors (Lipinski definition) is 0. The summed E-state index contributed by atoms with van der Waals surface area (Å²) in [7, 11) is 0. The Morgan fingerprint density at radius 1 is 1.18 bits per heavy atom. The second-order valence-corrected chi connectivity index (χ2v) is 5.41. The normalized spacial score (nSPS) is 13.9. The predicted octanol–water partition coefficient (Wildman–Crippen LogP) is 3.29. The second-order valence-electron chi connectivity index (χ2n) is 5.41. The summed E-state index contributed by atoms with van der Waals surface area (Å²) in [6.45, 7) is 1.10. The summed E-state index contributed by atoms with van der Waals surface area (Å²) in [4.78, 5) is 14.3. The SMILES string of the molecule is N#Cc1ccc(C(=O)N2CCCc3ccccc3C2)c(F)c1. The summed E-state index contributed by atoms with van der Waals surface area (Å²) in [6, 6.07) is 13.9. The Balaban J connectivity index is 1.88. The minimum atomic E-state index is -0.637. The number of benzene rings is 2. The predicted molar refractivity (Wildman–Crippen MR) is 80.6 cm³/mol. The van der Waals surface area contributed by atoms with Crippen LogP contribution in [0, 0.1) is 17.1 Å². The van der Waals surface area contributed by atoms with Gasteiger partial charge in [0.2, 0.25) is 0 Å². The van der Waals surface area contributed by atoms with Gasteiger partial charge in [0.15, 0.2) is 0 Å². The fourth-order valence-electron chi connectivity index (χ4n) is 2.80. The Morgan fingerprint density at radius 2 is 1.95 bits per heavy atom. The molecule has 0 atom stereocenters. The number of nitriles is 1. The highest BCUT2D eigenvalue weighted by Gasteiger charge is 2.22. The Bertz CT molecular complexity index is 764. The van der Waals surface area contributed by atoms with Crippen LogP contribution >= 0.6 is 0 Å². The number of fused-ring (bicyclic) bond motifs is 1. The van der Waals surface area contributed by atoms with E-state index in [0.717, 1.165) is 24.5 Å². The molecule has 0 saturated carbocycles. The van der Waals surface area contributed by atoms with Crippen LogP contribution in [0.25, 0.3) is 0 Å². The van der Waals surface area contributed by atoms with E-state index in [1.54, 1.807) is 4.90 Å². The molecule has 1 aliphatic rings. The first kappa shape index (κ1) is 14.3. The molecular weight excluding hydrogens is 279 g/mol. The molecule has 1 aliphatic heterocycles. The van der Waals surface area contributed by atoms with Crippen LogP contribution in [0.15, 0.2) is 42.5 Å². The minimum Gasteiger partial charge on any atom is -0.334 e. The number of rotatable bonds is 1. The van der Waals surface area contributed by atoms with Crippen molar-refractivity contribution in [3.8, 4) is 6.07 Å². The van der Waals surface area contributed by atoms with Gasteiger partial charge in [0.05, 0.1) is 17.2 Å². The van der Waals surface area contributed by atoms with Crippen molar-refractivity contribution in [1.82, 2.24) is 4.90 Å². The lowest BCUT2D eigenvalue weighted by molar-refractivity contribution is 0.0741. The van der Waals surface area contributed by atoms with Crippen LogP contribution < -0.4 is 0 Å². The lowest BCUT2D eigenvalue weighted by Gasteiger charge is -2.21. The molecule has 110 valence electrons. The third-order valence-electron chi connectivity index (χ3n) is 3.97. The van der Waals surface area contributed by atoms with Gasteiger partial charge in [0, 0.05) is 13.1 Å². The zero-order chi connectivity index (χ0) is 15.5. The first-order chi connectivity index (χ1) is 10.7. The van der Waals surface area contributed by atoms with Gasteiger partial charge in [-0.1, -0.05) is 24.3 Å². The molecule has 0 aliphatic carbocycles. The average Bonchev–Trinajstić information content (AvgIpc) is 2.76. The van der Waals surface area contributed by atoms with Crippen molar-refractivity contribution < 1.29 is 9.18 Å². The zero-order valence-electron chi connectivity index (χ0n) is 12.1. The maximum atomic E-state index is 14.0. The molecule has 4 heteroatoms. The third kappa shape index (κ3) is 2.71. The van der Waals surface area contributed by atoms with Crippen LogP contribution in [0.5, 0.6) is 0 Å². The maximum Gasteiger partial charge on any atom is 0.257 e. The molecule has 0 saturated heterocycles. The van der Waals surface area contributed by atoms with Crippen molar-refractivity contribution in [1.29, 1.82) is 5.26 Å². The quantitative estimate of drug-likeness (QED) is 0.810. The molecular formula is C18H15FN2O. The molecule has 0 N–H and O–H groups in total. The summed E-state index contributed by atoms with van der Waals surface area (Å²) >= 11 is 0. The summed E-state index contributed by atoms with van der Waals surface area (Å²) in [5.41, 5.74) is 2.61. The Morgan fingerprint density at radius 3 is 2.68 bits per heavy atom. The summed E-state index contributed by atoms with van der Waals surface area (Å²) < 4.78 is 14.0. The highest BCUT2D eigenvalue weighted by Crippen LogP contribution is 2.21. The van der Waals surface area contributed by atoms with Crippen molar-refractivity contribution in [3.63, 3.8) is 0 Å². The lowest BCUT2D eigenvalue weighted by atomic mass is 10.0. The van der Waals surface area contributed by atoms with E-state index in [4.69, 9.17) is 5.26 Å². The fourth-order valence-corrected chi connectivity index (χ4v) is 2.80. The van der Waals surface area contributed by atoms with E-state index in [2.05, 4.69) is 6.07 Å². The van der Waals surface area contributed by atoms with Crippen LogP contribution in [0.3, 0.4) is 0 Å².